The summed E-state index contributed by atoms with van der Waals surface area (Å²) in [7, 11) is 0. The molecule has 0 aromatic heterocycles. The van der Waals surface area contributed by atoms with E-state index in [1.165, 1.54) is 0 Å². The molecule has 0 aromatic rings. The zero-order valence-corrected chi connectivity index (χ0v) is 10.3. The van der Waals surface area contributed by atoms with Gasteiger partial charge in [-0.25, -0.2) is 0 Å². The molecule has 0 saturated carbocycles. The van der Waals surface area contributed by atoms with E-state index in [9.17, 15) is 0 Å². The van der Waals surface area contributed by atoms with Crippen molar-refractivity contribution in [3.63, 3.8) is 0 Å². The summed E-state index contributed by atoms with van der Waals surface area (Å²) in [6.07, 6.45) is 2.39. The molecule has 0 fully saturated rings. The smallest absolute Gasteiger partial charge is 1.00 e. The molecule has 0 amide bonds. The molecule has 3 N–H and O–H groups in total. The SMILES string of the molecule is C=CCC(N)CO.[H-].[H-].[Na+].[Na+]. The molecule has 4 heteroatoms. The molecule has 0 aromatic carbocycles. The van der Waals surface area contributed by atoms with E-state index in [0.29, 0.717) is 6.42 Å². The standard InChI is InChI=1S/C5H11NO.2Na.2H/c1-2-3-5(6)4-7;;;;/h2,5,7H,1,3-4,6H2;;;;/q;2*+1;2*-1. The van der Waals surface area contributed by atoms with Crippen molar-refractivity contribution in [2.45, 2.75) is 12.5 Å². The quantitative estimate of drug-likeness (QED) is 0.310. The number of nitrogens with two attached hydrogens (primary N) is 1. The zero-order valence-electron chi connectivity index (χ0n) is 8.30. The van der Waals surface area contributed by atoms with Crippen LogP contribution in [0, 0.1) is 0 Å². The summed E-state index contributed by atoms with van der Waals surface area (Å²) in [5.74, 6) is 0. The van der Waals surface area contributed by atoms with Gasteiger partial charge in [0.25, 0.3) is 0 Å². The van der Waals surface area contributed by atoms with Gasteiger partial charge in [0.05, 0.1) is 6.61 Å². The van der Waals surface area contributed by atoms with Gasteiger partial charge in [0.15, 0.2) is 0 Å². The predicted molar refractivity (Wildman–Crippen MR) is 32.1 cm³/mol. The Morgan fingerprint density at radius 3 is 2.22 bits per heavy atom. The van der Waals surface area contributed by atoms with Gasteiger partial charge in [-0.3, -0.25) is 0 Å². The minimum Gasteiger partial charge on any atom is -1.00 e. The van der Waals surface area contributed by atoms with Crippen LogP contribution in [0.3, 0.4) is 0 Å². The van der Waals surface area contributed by atoms with Gasteiger partial charge in [-0.2, -0.15) is 0 Å². The van der Waals surface area contributed by atoms with Crippen LogP contribution in [0.1, 0.15) is 9.27 Å². The Labute approximate surface area is 103 Å². The van der Waals surface area contributed by atoms with Crippen molar-refractivity contribution in [2.75, 3.05) is 6.61 Å². The zero-order chi connectivity index (χ0) is 5.70. The Kier molecular flexibility index (Phi) is 23.3. The molecule has 0 aliphatic carbocycles. The second kappa shape index (κ2) is 12.3. The topological polar surface area (TPSA) is 46.2 Å². The van der Waals surface area contributed by atoms with Gasteiger partial charge in [0.2, 0.25) is 0 Å². The molecule has 0 saturated heterocycles. The fourth-order valence-corrected chi connectivity index (χ4v) is 0.289. The van der Waals surface area contributed by atoms with Crippen molar-refractivity contribution in [3.05, 3.63) is 12.7 Å². The minimum absolute atomic E-state index is 0. The van der Waals surface area contributed by atoms with Crippen molar-refractivity contribution in [2.24, 2.45) is 5.73 Å². The van der Waals surface area contributed by atoms with E-state index in [4.69, 9.17) is 10.8 Å². The average molecular weight is 149 g/mol. The van der Waals surface area contributed by atoms with E-state index in [2.05, 4.69) is 6.58 Å². The van der Waals surface area contributed by atoms with Gasteiger partial charge >= 0.3 is 59.1 Å². The molecule has 0 rings (SSSR count). The van der Waals surface area contributed by atoms with Gasteiger partial charge in [-0.15, -0.1) is 6.58 Å². The Balaban J connectivity index is -0.0000000300. The number of aliphatic hydroxyl groups is 1. The first-order valence-corrected chi connectivity index (χ1v) is 2.28. The number of aliphatic hydroxyl groups excluding tert-OH is 1. The minimum atomic E-state index is -0.113. The molecule has 0 bridgehead atoms. The summed E-state index contributed by atoms with van der Waals surface area (Å²) in [4.78, 5) is 0. The molecule has 1 unspecified atom stereocenters. The van der Waals surface area contributed by atoms with Crippen molar-refractivity contribution in [3.8, 4) is 0 Å². The third-order valence-corrected chi connectivity index (χ3v) is 0.704. The molecule has 2 nitrogen and oxygen atoms in total. The van der Waals surface area contributed by atoms with Crippen LogP contribution in [0.5, 0.6) is 0 Å². The normalized spacial score (nSPS) is 10.4. The van der Waals surface area contributed by atoms with E-state index in [0.717, 1.165) is 0 Å². The van der Waals surface area contributed by atoms with Crippen molar-refractivity contribution >= 4 is 0 Å². The Hall–Kier alpha value is 1.66. The summed E-state index contributed by atoms with van der Waals surface area (Å²) >= 11 is 0. The van der Waals surface area contributed by atoms with Crippen LogP contribution >= 0.6 is 0 Å². The van der Waals surface area contributed by atoms with Crippen LogP contribution in [-0.2, 0) is 0 Å². The molecular weight excluding hydrogens is 136 g/mol. The van der Waals surface area contributed by atoms with Crippen LogP contribution in [0.2, 0.25) is 0 Å². The molecule has 9 heavy (non-hydrogen) atoms. The largest absolute Gasteiger partial charge is 1.00 e. The number of hydrogen-bond acceptors (Lipinski definition) is 2. The van der Waals surface area contributed by atoms with E-state index in [1.54, 1.807) is 6.08 Å². The van der Waals surface area contributed by atoms with E-state index in [1.807, 2.05) is 0 Å². The first-order chi connectivity index (χ1) is 3.31. The van der Waals surface area contributed by atoms with Crippen LogP contribution < -0.4 is 64.8 Å². The van der Waals surface area contributed by atoms with Crippen molar-refractivity contribution in [1.29, 1.82) is 0 Å². The summed E-state index contributed by atoms with van der Waals surface area (Å²) in [5, 5.41) is 8.29. The monoisotopic (exact) mass is 149 g/mol. The first kappa shape index (κ1) is 17.0. The molecule has 0 heterocycles. The van der Waals surface area contributed by atoms with E-state index >= 15 is 0 Å². The molecule has 0 aliphatic heterocycles. The molecule has 46 valence electrons. The number of hydrogen-bond donors (Lipinski definition) is 2. The van der Waals surface area contributed by atoms with E-state index in [-0.39, 0.29) is 74.6 Å². The van der Waals surface area contributed by atoms with Gasteiger partial charge < -0.3 is 13.7 Å². The fourth-order valence-electron chi connectivity index (χ4n) is 0.289. The molecule has 0 spiro atoms. The second-order valence-corrected chi connectivity index (χ2v) is 1.47. The van der Waals surface area contributed by atoms with Crippen LogP contribution in [0.25, 0.3) is 0 Å². The van der Waals surface area contributed by atoms with Gasteiger partial charge in [0.1, 0.15) is 0 Å². The molecule has 0 radical (unpaired) electrons. The fraction of sp³-hybridized carbons (Fsp3) is 0.600. The third-order valence-electron chi connectivity index (χ3n) is 0.704. The molecule has 0 aliphatic rings. The Morgan fingerprint density at radius 1 is 1.67 bits per heavy atom. The summed E-state index contributed by atoms with van der Waals surface area (Å²) < 4.78 is 0. The third kappa shape index (κ3) is 12.8. The van der Waals surface area contributed by atoms with Crippen LogP contribution in [0.15, 0.2) is 12.7 Å². The number of rotatable bonds is 3. The average Bonchev–Trinajstić information content (AvgIpc) is 1.68. The maximum absolute atomic E-state index is 8.29. The van der Waals surface area contributed by atoms with Gasteiger partial charge in [-0.05, 0) is 6.42 Å². The summed E-state index contributed by atoms with van der Waals surface area (Å²) in [6.45, 7) is 3.51. The van der Waals surface area contributed by atoms with Gasteiger partial charge in [0, 0.05) is 6.04 Å². The van der Waals surface area contributed by atoms with Crippen molar-refractivity contribution in [1.82, 2.24) is 0 Å². The Bertz CT molecular complexity index is 68.4. The molecular formula is C5H13NNa2O. The van der Waals surface area contributed by atoms with Crippen LogP contribution in [-0.4, -0.2) is 17.8 Å². The van der Waals surface area contributed by atoms with Crippen molar-refractivity contribution < 1.29 is 67.1 Å². The summed E-state index contributed by atoms with van der Waals surface area (Å²) in [5.41, 5.74) is 5.26. The van der Waals surface area contributed by atoms with E-state index < -0.39 is 0 Å². The maximum atomic E-state index is 8.29. The van der Waals surface area contributed by atoms with Gasteiger partial charge in [-0.1, -0.05) is 6.08 Å². The second-order valence-electron chi connectivity index (χ2n) is 1.47. The Morgan fingerprint density at radius 2 is 2.11 bits per heavy atom. The summed E-state index contributed by atoms with van der Waals surface area (Å²) in [6, 6.07) is -0.113. The maximum Gasteiger partial charge on any atom is 1.00 e. The van der Waals surface area contributed by atoms with Crippen LogP contribution in [0.4, 0.5) is 0 Å². The molecule has 1 atom stereocenters. The predicted octanol–water partition coefficient (Wildman–Crippen LogP) is -5.88. The first-order valence-electron chi connectivity index (χ1n) is 2.28.